The summed E-state index contributed by atoms with van der Waals surface area (Å²) in [7, 11) is 4.11. The van der Waals surface area contributed by atoms with Gasteiger partial charge in [-0.1, -0.05) is 51.5 Å². The summed E-state index contributed by atoms with van der Waals surface area (Å²) in [5.41, 5.74) is 1.14. The van der Waals surface area contributed by atoms with E-state index < -0.39 is 0 Å². The minimum Gasteiger partial charge on any atom is -0.324 e. The second-order valence-electron chi connectivity index (χ2n) is 7.15. The van der Waals surface area contributed by atoms with Gasteiger partial charge >= 0.3 is 0 Å². The molecule has 25 heavy (non-hydrogen) atoms. The summed E-state index contributed by atoms with van der Waals surface area (Å²) in [5, 5.41) is 0.227. The molecule has 0 saturated carbocycles. The number of hydrogen-bond acceptors (Lipinski definition) is 4. The van der Waals surface area contributed by atoms with Gasteiger partial charge in [-0.15, -0.1) is 11.8 Å². The quantitative estimate of drug-likeness (QED) is 0.548. The standard InChI is InChI=1S/C20H33N3OS/c1-4-5-6-7-8-9-12-18-19(24)23(15-14-22(2)3)20(25-18)17-11-10-13-21-16-17/h10-11,13,16,18,20H,4-9,12,14-15H2,1-3H3/t18-,20+/m0/s1. The van der Waals surface area contributed by atoms with E-state index in [4.69, 9.17) is 0 Å². The van der Waals surface area contributed by atoms with Crippen molar-refractivity contribution in [1.29, 1.82) is 0 Å². The second-order valence-corrected chi connectivity index (χ2v) is 8.44. The number of carbonyl (C=O) groups excluding carboxylic acids is 1. The molecule has 2 atom stereocenters. The molecule has 5 heteroatoms. The van der Waals surface area contributed by atoms with Crippen LogP contribution in [0, 0.1) is 0 Å². The summed E-state index contributed by atoms with van der Waals surface area (Å²) < 4.78 is 0. The van der Waals surface area contributed by atoms with Gasteiger partial charge in [-0.05, 0) is 26.6 Å². The molecular weight excluding hydrogens is 330 g/mol. The fourth-order valence-electron chi connectivity index (χ4n) is 3.21. The molecule has 0 aromatic carbocycles. The lowest BCUT2D eigenvalue weighted by molar-refractivity contribution is -0.130. The number of nitrogens with zero attached hydrogens (tertiary/aromatic N) is 3. The number of carbonyl (C=O) groups is 1. The zero-order chi connectivity index (χ0) is 18.1. The first kappa shape index (κ1) is 20.2. The summed E-state index contributed by atoms with van der Waals surface area (Å²) in [6, 6.07) is 4.05. The van der Waals surface area contributed by atoms with Crippen LogP contribution in [0.5, 0.6) is 0 Å². The van der Waals surface area contributed by atoms with Gasteiger partial charge in [-0.25, -0.2) is 0 Å². The van der Waals surface area contributed by atoms with Crippen LogP contribution < -0.4 is 0 Å². The lowest BCUT2D eigenvalue weighted by Gasteiger charge is -2.25. The molecule has 0 radical (unpaired) electrons. The van der Waals surface area contributed by atoms with Gasteiger partial charge in [0.15, 0.2) is 0 Å². The molecule has 0 unspecified atom stereocenters. The Morgan fingerprint density at radius 1 is 1.20 bits per heavy atom. The number of pyridine rings is 1. The van der Waals surface area contributed by atoms with Crippen LogP contribution in [-0.4, -0.2) is 53.1 Å². The third-order valence-corrected chi connectivity index (χ3v) is 6.26. The Kier molecular flexibility index (Phi) is 8.76. The Hall–Kier alpha value is -1.07. The Balaban J connectivity index is 1.92. The number of thioether (sulfide) groups is 1. The van der Waals surface area contributed by atoms with E-state index in [2.05, 4.69) is 41.9 Å². The van der Waals surface area contributed by atoms with Gasteiger partial charge < -0.3 is 9.80 Å². The zero-order valence-corrected chi connectivity index (χ0v) is 16.8. The lowest BCUT2D eigenvalue weighted by Crippen LogP contribution is -2.36. The first-order valence-electron chi connectivity index (χ1n) is 9.64. The second kappa shape index (κ2) is 10.8. The maximum absolute atomic E-state index is 12.9. The number of amides is 1. The lowest BCUT2D eigenvalue weighted by atomic mass is 10.1. The van der Waals surface area contributed by atoms with Gasteiger partial charge in [-0.3, -0.25) is 9.78 Å². The molecule has 1 fully saturated rings. The molecule has 1 amide bonds. The van der Waals surface area contributed by atoms with Crippen LogP contribution in [0.3, 0.4) is 0 Å². The summed E-state index contributed by atoms with van der Waals surface area (Å²) in [6.07, 6.45) is 12.4. The third-order valence-electron chi connectivity index (χ3n) is 4.71. The van der Waals surface area contributed by atoms with Crippen LogP contribution in [0.15, 0.2) is 24.5 Å². The first-order chi connectivity index (χ1) is 12.1. The Labute approximate surface area is 157 Å². The molecule has 2 rings (SSSR count). The van der Waals surface area contributed by atoms with Crippen molar-refractivity contribution >= 4 is 17.7 Å². The van der Waals surface area contributed by atoms with Gasteiger partial charge in [0, 0.05) is 31.0 Å². The average Bonchev–Trinajstić information content (AvgIpc) is 2.93. The zero-order valence-electron chi connectivity index (χ0n) is 16.0. The van der Waals surface area contributed by atoms with Crippen LogP contribution in [0.25, 0.3) is 0 Å². The maximum atomic E-state index is 12.9. The molecule has 1 saturated heterocycles. The maximum Gasteiger partial charge on any atom is 0.236 e. The molecule has 140 valence electrons. The van der Waals surface area contributed by atoms with E-state index in [9.17, 15) is 4.79 Å². The van der Waals surface area contributed by atoms with Crippen molar-refractivity contribution in [3.63, 3.8) is 0 Å². The fraction of sp³-hybridized carbons (Fsp3) is 0.700. The van der Waals surface area contributed by atoms with Gasteiger partial charge in [0.1, 0.15) is 5.37 Å². The largest absolute Gasteiger partial charge is 0.324 e. The molecule has 0 spiro atoms. The number of likely N-dealkylation sites (N-methyl/N-ethyl adjacent to an activating group) is 1. The van der Waals surface area contributed by atoms with Crippen molar-refractivity contribution in [2.75, 3.05) is 27.2 Å². The molecule has 0 aliphatic carbocycles. The number of unbranched alkanes of at least 4 members (excludes halogenated alkanes) is 5. The van der Waals surface area contributed by atoms with Gasteiger partial charge in [0.2, 0.25) is 5.91 Å². The highest BCUT2D eigenvalue weighted by Gasteiger charge is 2.40. The minimum absolute atomic E-state index is 0.110. The summed E-state index contributed by atoms with van der Waals surface area (Å²) in [6.45, 7) is 3.92. The molecule has 1 aromatic heterocycles. The van der Waals surface area contributed by atoms with Gasteiger partial charge in [0.25, 0.3) is 0 Å². The van der Waals surface area contributed by atoms with E-state index in [1.165, 1.54) is 32.1 Å². The summed E-state index contributed by atoms with van der Waals surface area (Å²) in [5.74, 6) is 0.314. The van der Waals surface area contributed by atoms with Crippen LogP contribution in [0.1, 0.15) is 62.8 Å². The molecule has 1 aliphatic rings. The topological polar surface area (TPSA) is 36.4 Å². The van der Waals surface area contributed by atoms with E-state index >= 15 is 0 Å². The minimum atomic E-state index is 0.110. The number of rotatable bonds is 11. The van der Waals surface area contributed by atoms with Crippen LogP contribution in [0.4, 0.5) is 0 Å². The van der Waals surface area contributed by atoms with E-state index in [1.54, 1.807) is 6.20 Å². The Bertz CT molecular complexity index is 509. The molecule has 4 nitrogen and oxygen atoms in total. The van der Waals surface area contributed by atoms with E-state index in [0.717, 1.165) is 31.5 Å². The summed E-state index contributed by atoms with van der Waals surface area (Å²) in [4.78, 5) is 21.4. The van der Waals surface area contributed by atoms with Crippen molar-refractivity contribution in [3.05, 3.63) is 30.1 Å². The molecule has 2 heterocycles. The SMILES string of the molecule is CCCCCCCC[C@@H]1S[C@H](c2cccnc2)N(CCN(C)C)C1=O. The van der Waals surface area contributed by atoms with Crippen molar-refractivity contribution < 1.29 is 4.79 Å². The predicted molar refractivity (Wildman–Crippen MR) is 107 cm³/mol. The predicted octanol–water partition coefficient (Wildman–Crippen LogP) is 4.34. The monoisotopic (exact) mass is 363 g/mol. The highest BCUT2D eigenvalue weighted by Crippen LogP contribution is 2.44. The number of hydrogen-bond donors (Lipinski definition) is 0. The highest BCUT2D eigenvalue weighted by molar-refractivity contribution is 8.01. The number of aromatic nitrogens is 1. The molecular formula is C20H33N3OS. The third kappa shape index (κ3) is 6.30. The van der Waals surface area contributed by atoms with E-state index in [1.807, 2.05) is 24.0 Å². The van der Waals surface area contributed by atoms with Crippen molar-refractivity contribution in [2.45, 2.75) is 62.5 Å². The van der Waals surface area contributed by atoms with Crippen LogP contribution in [-0.2, 0) is 4.79 Å². The highest BCUT2D eigenvalue weighted by atomic mass is 32.2. The van der Waals surface area contributed by atoms with Crippen molar-refractivity contribution in [1.82, 2.24) is 14.8 Å². The molecule has 1 aliphatic heterocycles. The normalized spacial score (nSPS) is 20.6. The molecule has 1 aromatic rings. The Morgan fingerprint density at radius 2 is 1.96 bits per heavy atom. The molecule has 0 bridgehead atoms. The summed E-state index contributed by atoms with van der Waals surface area (Å²) >= 11 is 1.82. The van der Waals surface area contributed by atoms with Crippen LogP contribution in [0.2, 0.25) is 0 Å². The van der Waals surface area contributed by atoms with Crippen LogP contribution >= 0.6 is 11.8 Å². The smallest absolute Gasteiger partial charge is 0.236 e. The molecule has 0 N–H and O–H groups in total. The van der Waals surface area contributed by atoms with Crippen molar-refractivity contribution in [3.8, 4) is 0 Å². The average molecular weight is 364 g/mol. The van der Waals surface area contributed by atoms with Crippen molar-refractivity contribution in [2.24, 2.45) is 0 Å². The van der Waals surface area contributed by atoms with E-state index in [-0.39, 0.29) is 10.6 Å². The van der Waals surface area contributed by atoms with Gasteiger partial charge in [-0.2, -0.15) is 0 Å². The fourth-order valence-corrected chi connectivity index (χ4v) is 4.72. The van der Waals surface area contributed by atoms with E-state index in [0.29, 0.717) is 5.91 Å². The first-order valence-corrected chi connectivity index (χ1v) is 10.6. The Morgan fingerprint density at radius 3 is 2.64 bits per heavy atom. The van der Waals surface area contributed by atoms with Gasteiger partial charge in [0.05, 0.1) is 5.25 Å².